The van der Waals surface area contributed by atoms with Gasteiger partial charge in [0.25, 0.3) is 5.91 Å². The van der Waals surface area contributed by atoms with Crippen LogP contribution in [0.4, 0.5) is 16.2 Å². The summed E-state index contributed by atoms with van der Waals surface area (Å²) >= 11 is 0. The van der Waals surface area contributed by atoms with Crippen molar-refractivity contribution < 1.29 is 14.4 Å². The molecule has 3 aromatic rings. The number of amides is 3. The van der Waals surface area contributed by atoms with Gasteiger partial charge in [0.2, 0.25) is 0 Å². The number of nitrogens with zero attached hydrogens (tertiary/aromatic N) is 2. The Bertz CT molecular complexity index is 1310. The smallest absolute Gasteiger partial charge is 0.321 e. The second-order valence-corrected chi connectivity index (χ2v) is 9.92. The molecule has 0 bridgehead atoms. The first-order valence-electron chi connectivity index (χ1n) is 13.0. The number of carbonyl (C=O) groups is 3. The van der Waals surface area contributed by atoms with Crippen molar-refractivity contribution in [1.29, 1.82) is 0 Å². The molecule has 0 saturated carbocycles. The van der Waals surface area contributed by atoms with E-state index in [1.165, 1.54) is 11.1 Å². The maximum atomic E-state index is 13.3. The molecule has 2 heterocycles. The molecule has 1 fully saturated rings. The zero-order chi connectivity index (χ0) is 25.2. The molecular weight excluding hydrogens is 450 g/mol. The molecule has 2 aliphatic rings. The number of urea groups is 1. The van der Waals surface area contributed by atoms with Crippen molar-refractivity contribution in [3.8, 4) is 0 Å². The van der Waals surface area contributed by atoms with E-state index in [0.29, 0.717) is 31.8 Å². The number of benzene rings is 3. The van der Waals surface area contributed by atoms with Crippen LogP contribution >= 0.6 is 0 Å². The fraction of sp³-hybridized carbons (Fsp3) is 0.367. The average Bonchev–Trinajstić information content (AvgIpc) is 3.20. The highest BCUT2D eigenvalue weighted by Crippen LogP contribution is 2.43. The summed E-state index contributed by atoms with van der Waals surface area (Å²) in [4.78, 5) is 40.8. The molecule has 186 valence electrons. The molecule has 6 heteroatoms. The number of rotatable bonds is 7. The minimum atomic E-state index is -0.0485. The first kappa shape index (κ1) is 24.0. The van der Waals surface area contributed by atoms with Gasteiger partial charge in [-0.2, -0.15) is 0 Å². The summed E-state index contributed by atoms with van der Waals surface area (Å²) in [7, 11) is 0. The first-order chi connectivity index (χ1) is 17.5. The standard InChI is InChI=1S/C30H33N3O3/c1-3-21-8-4-9-23(19-21)31-30(36)32-16-14-22(15-17-32)24-12-13-27-28-25(24)10-5-11-26(28)29(35)33(27)20(2)7-6-18-34/h4-5,8-13,18-20,22H,3,6-7,14-17H2,1-2H3,(H,31,36). The molecule has 1 atom stereocenters. The van der Waals surface area contributed by atoms with Crippen molar-refractivity contribution >= 4 is 40.4 Å². The van der Waals surface area contributed by atoms with Crippen molar-refractivity contribution in [2.45, 2.75) is 57.9 Å². The Morgan fingerprint density at radius 2 is 1.89 bits per heavy atom. The van der Waals surface area contributed by atoms with Crippen LogP contribution in [0, 0.1) is 0 Å². The van der Waals surface area contributed by atoms with Gasteiger partial charge in [-0.05, 0) is 79.3 Å². The number of aldehydes is 1. The predicted molar refractivity (Wildman–Crippen MR) is 144 cm³/mol. The van der Waals surface area contributed by atoms with Crippen molar-refractivity contribution in [2.24, 2.45) is 0 Å². The summed E-state index contributed by atoms with van der Waals surface area (Å²) in [5, 5.41) is 5.20. The zero-order valence-corrected chi connectivity index (χ0v) is 21.0. The van der Waals surface area contributed by atoms with E-state index in [0.717, 1.165) is 53.3 Å². The second kappa shape index (κ2) is 10.1. The molecule has 3 aromatic carbocycles. The average molecular weight is 484 g/mol. The Labute approximate surface area is 212 Å². The third kappa shape index (κ3) is 4.36. The Morgan fingerprint density at radius 1 is 1.11 bits per heavy atom. The van der Waals surface area contributed by atoms with Gasteiger partial charge in [0.05, 0.1) is 5.69 Å². The number of nitrogens with one attached hydrogen (secondary N) is 1. The number of piperidine rings is 1. The van der Waals surface area contributed by atoms with Gasteiger partial charge in [-0.25, -0.2) is 4.79 Å². The van der Waals surface area contributed by atoms with E-state index in [2.05, 4.69) is 36.5 Å². The lowest BCUT2D eigenvalue weighted by atomic mass is 9.85. The van der Waals surface area contributed by atoms with Crippen LogP contribution in [0.5, 0.6) is 0 Å². The van der Waals surface area contributed by atoms with Crippen molar-refractivity contribution in [3.63, 3.8) is 0 Å². The topological polar surface area (TPSA) is 69.7 Å². The van der Waals surface area contributed by atoms with Crippen LogP contribution in [0.1, 0.15) is 66.9 Å². The van der Waals surface area contributed by atoms with Gasteiger partial charge in [0, 0.05) is 42.2 Å². The highest BCUT2D eigenvalue weighted by atomic mass is 16.2. The molecule has 1 unspecified atom stereocenters. The fourth-order valence-electron chi connectivity index (χ4n) is 5.73. The lowest BCUT2D eigenvalue weighted by Gasteiger charge is -2.33. The highest BCUT2D eigenvalue weighted by Gasteiger charge is 2.34. The molecule has 3 amide bonds. The molecule has 1 N–H and O–H groups in total. The maximum Gasteiger partial charge on any atom is 0.321 e. The molecule has 0 aliphatic carbocycles. The molecule has 0 radical (unpaired) electrons. The van der Waals surface area contributed by atoms with Crippen LogP contribution in [0.3, 0.4) is 0 Å². The lowest BCUT2D eigenvalue weighted by Crippen LogP contribution is -2.40. The van der Waals surface area contributed by atoms with Gasteiger partial charge in [-0.3, -0.25) is 4.79 Å². The van der Waals surface area contributed by atoms with Gasteiger partial charge >= 0.3 is 6.03 Å². The minimum absolute atomic E-state index is 0.0183. The van der Waals surface area contributed by atoms with Crippen molar-refractivity contribution in [1.82, 2.24) is 4.90 Å². The first-order valence-corrected chi connectivity index (χ1v) is 13.0. The third-order valence-corrected chi connectivity index (χ3v) is 7.71. The molecule has 0 aromatic heterocycles. The van der Waals surface area contributed by atoms with E-state index in [4.69, 9.17) is 0 Å². The van der Waals surface area contributed by atoms with E-state index in [1.807, 2.05) is 47.1 Å². The van der Waals surface area contributed by atoms with Gasteiger partial charge in [0.1, 0.15) is 6.29 Å². The van der Waals surface area contributed by atoms with E-state index in [1.54, 1.807) is 0 Å². The number of anilines is 2. The van der Waals surface area contributed by atoms with E-state index < -0.39 is 0 Å². The summed E-state index contributed by atoms with van der Waals surface area (Å²) in [6.07, 6.45) is 4.71. The number of likely N-dealkylation sites (tertiary alicyclic amines) is 1. The van der Waals surface area contributed by atoms with Crippen LogP contribution in [-0.4, -0.2) is 42.3 Å². The second-order valence-electron chi connectivity index (χ2n) is 9.92. The number of hydrogen-bond donors (Lipinski definition) is 1. The van der Waals surface area contributed by atoms with E-state index >= 15 is 0 Å². The molecule has 1 saturated heterocycles. The quantitative estimate of drug-likeness (QED) is 0.410. The highest BCUT2D eigenvalue weighted by molar-refractivity contribution is 6.25. The summed E-state index contributed by atoms with van der Waals surface area (Å²) in [6, 6.07) is 18.1. The Hall–Kier alpha value is -3.67. The van der Waals surface area contributed by atoms with Crippen LogP contribution < -0.4 is 10.2 Å². The summed E-state index contributed by atoms with van der Waals surface area (Å²) in [5.74, 6) is 0.350. The van der Waals surface area contributed by atoms with Crippen molar-refractivity contribution in [2.75, 3.05) is 23.3 Å². The predicted octanol–water partition coefficient (Wildman–Crippen LogP) is 6.14. The van der Waals surface area contributed by atoms with Gasteiger partial charge in [-0.1, -0.05) is 37.3 Å². The lowest BCUT2D eigenvalue weighted by molar-refractivity contribution is -0.108. The summed E-state index contributed by atoms with van der Waals surface area (Å²) in [6.45, 7) is 5.50. The van der Waals surface area contributed by atoms with E-state index in [-0.39, 0.29) is 18.0 Å². The minimum Gasteiger partial charge on any atom is -0.324 e. The summed E-state index contributed by atoms with van der Waals surface area (Å²) < 4.78 is 0. The Kier molecular flexibility index (Phi) is 6.77. The monoisotopic (exact) mass is 483 g/mol. The molecule has 36 heavy (non-hydrogen) atoms. The normalized spacial score (nSPS) is 16.4. The fourth-order valence-corrected chi connectivity index (χ4v) is 5.73. The molecule has 0 spiro atoms. The molecule has 6 nitrogen and oxygen atoms in total. The van der Waals surface area contributed by atoms with Crippen molar-refractivity contribution in [3.05, 3.63) is 71.3 Å². The van der Waals surface area contributed by atoms with E-state index in [9.17, 15) is 14.4 Å². The van der Waals surface area contributed by atoms with Gasteiger partial charge < -0.3 is 19.9 Å². The van der Waals surface area contributed by atoms with Crippen LogP contribution in [0.25, 0.3) is 10.8 Å². The largest absolute Gasteiger partial charge is 0.324 e. The summed E-state index contributed by atoms with van der Waals surface area (Å²) in [5.41, 5.74) is 4.98. The van der Waals surface area contributed by atoms with Gasteiger partial charge in [0.15, 0.2) is 0 Å². The number of hydrogen-bond acceptors (Lipinski definition) is 3. The maximum absolute atomic E-state index is 13.3. The Morgan fingerprint density at radius 3 is 2.64 bits per heavy atom. The molecule has 5 rings (SSSR count). The number of aryl methyl sites for hydroxylation is 1. The molecular formula is C30H33N3O3. The van der Waals surface area contributed by atoms with Crippen LogP contribution in [0.15, 0.2) is 54.6 Å². The Balaban J connectivity index is 1.33. The third-order valence-electron chi connectivity index (χ3n) is 7.71. The molecule has 2 aliphatic heterocycles. The van der Waals surface area contributed by atoms with Crippen LogP contribution in [-0.2, 0) is 11.2 Å². The van der Waals surface area contributed by atoms with Crippen LogP contribution in [0.2, 0.25) is 0 Å². The van der Waals surface area contributed by atoms with Gasteiger partial charge in [-0.15, -0.1) is 0 Å². The SMILES string of the molecule is CCc1cccc(NC(=O)N2CCC(c3ccc4c5c(cccc35)C(=O)N4C(C)CCC=O)CC2)c1. The number of carbonyl (C=O) groups excluding carboxylic acids is 3. The zero-order valence-electron chi connectivity index (χ0n) is 21.0.